The molecular formula is C18H26N2O. The van der Waals surface area contributed by atoms with Crippen LogP contribution in [0.1, 0.15) is 37.3 Å². The monoisotopic (exact) mass is 286 g/mol. The Bertz CT molecular complexity index is 516. The van der Waals surface area contributed by atoms with Gasteiger partial charge in [-0.2, -0.15) is 0 Å². The number of nitrogens with zero attached hydrogens (tertiary/aromatic N) is 1. The molecule has 1 aromatic rings. The lowest BCUT2D eigenvalue weighted by molar-refractivity contribution is 0.164. The second-order valence-electron chi connectivity index (χ2n) is 5.69. The number of rotatable bonds is 4. The average molecular weight is 286 g/mol. The van der Waals surface area contributed by atoms with E-state index in [9.17, 15) is 0 Å². The van der Waals surface area contributed by atoms with E-state index in [2.05, 4.69) is 35.8 Å². The van der Waals surface area contributed by atoms with Crippen LogP contribution >= 0.6 is 0 Å². The average Bonchev–Trinajstić information content (AvgIpc) is 2.53. The minimum absolute atomic E-state index is 0.373. The Morgan fingerprint density at radius 3 is 3.00 bits per heavy atom. The summed E-state index contributed by atoms with van der Waals surface area (Å²) >= 11 is 0. The maximum atomic E-state index is 5.46. The number of hydrogen-bond acceptors (Lipinski definition) is 3. The maximum absolute atomic E-state index is 5.46. The van der Waals surface area contributed by atoms with Crippen LogP contribution in [0.2, 0.25) is 0 Å². The highest BCUT2D eigenvalue weighted by molar-refractivity contribution is 5.48. The summed E-state index contributed by atoms with van der Waals surface area (Å²) in [5.74, 6) is 7.69. The zero-order valence-corrected chi connectivity index (χ0v) is 13.2. The lowest BCUT2D eigenvalue weighted by Crippen LogP contribution is -2.34. The van der Waals surface area contributed by atoms with Crippen molar-refractivity contribution in [1.29, 1.82) is 0 Å². The zero-order valence-electron chi connectivity index (χ0n) is 13.2. The smallest absolute Gasteiger partial charge is 0.134 e. The fourth-order valence-corrected chi connectivity index (χ4v) is 2.98. The lowest BCUT2D eigenvalue weighted by atomic mass is 9.95. The molecule has 1 aliphatic heterocycles. The van der Waals surface area contributed by atoms with Crippen LogP contribution in [0.15, 0.2) is 18.2 Å². The van der Waals surface area contributed by atoms with Crippen LogP contribution in [0.5, 0.6) is 5.75 Å². The minimum atomic E-state index is 0.373. The number of hydrogen-bond donors (Lipinski definition) is 1. The van der Waals surface area contributed by atoms with Gasteiger partial charge in [-0.3, -0.25) is 4.90 Å². The van der Waals surface area contributed by atoms with E-state index in [1.54, 1.807) is 7.11 Å². The first-order valence-corrected chi connectivity index (χ1v) is 7.85. The van der Waals surface area contributed by atoms with Crippen LogP contribution in [0.3, 0.4) is 0 Å². The van der Waals surface area contributed by atoms with Gasteiger partial charge < -0.3 is 10.5 Å². The molecule has 3 nitrogen and oxygen atoms in total. The SMILES string of the molecule is CCC1CCCN(Cc2ccc(OC)c(C#CCN)c2)C1. The predicted octanol–water partition coefficient (Wildman–Crippen LogP) is 2.63. The third-order valence-corrected chi connectivity index (χ3v) is 4.18. The molecule has 0 aliphatic carbocycles. The van der Waals surface area contributed by atoms with Gasteiger partial charge in [0.1, 0.15) is 5.75 Å². The zero-order chi connectivity index (χ0) is 15.1. The molecule has 21 heavy (non-hydrogen) atoms. The van der Waals surface area contributed by atoms with Crippen molar-refractivity contribution in [2.45, 2.75) is 32.7 Å². The molecule has 1 aliphatic rings. The van der Waals surface area contributed by atoms with E-state index in [0.29, 0.717) is 6.54 Å². The number of methoxy groups -OCH3 is 1. The summed E-state index contributed by atoms with van der Waals surface area (Å²) in [5.41, 5.74) is 7.70. The maximum Gasteiger partial charge on any atom is 0.134 e. The van der Waals surface area contributed by atoms with Gasteiger partial charge in [-0.05, 0) is 43.0 Å². The van der Waals surface area contributed by atoms with Crippen LogP contribution in [0.4, 0.5) is 0 Å². The van der Waals surface area contributed by atoms with Crippen LogP contribution in [0, 0.1) is 17.8 Å². The van der Waals surface area contributed by atoms with Crippen molar-refractivity contribution >= 4 is 0 Å². The summed E-state index contributed by atoms with van der Waals surface area (Å²) in [6, 6.07) is 6.29. The van der Waals surface area contributed by atoms with Gasteiger partial charge in [0.25, 0.3) is 0 Å². The van der Waals surface area contributed by atoms with Gasteiger partial charge in [0.15, 0.2) is 0 Å². The molecule has 2 N–H and O–H groups in total. The van der Waals surface area contributed by atoms with E-state index >= 15 is 0 Å². The molecule has 0 aromatic heterocycles. The second-order valence-corrected chi connectivity index (χ2v) is 5.69. The van der Waals surface area contributed by atoms with Crippen molar-refractivity contribution in [1.82, 2.24) is 4.90 Å². The molecule has 1 heterocycles. The van der Waals surface area contributed by atoms with Gasteiger partial charge in [0.05, 0.1) is 19.2 Å². The third kappa shape index (κ3) is 4.49. The number of ether oxygens (including phenoxy) is 1. The number of piperidine rings is 1. The first-order valence-electron chi connectivity index (χ1n) is 7.85. The Balaban J connectivity index is 2.09. The molecule has 1 atom stereocenters. The normalized spacial score (nSPS) is 18.9. The molecule has 1 aromatic carbocycles. The molecule has 0 spiro atoms. The Hall–Kier alpha value is -1.50. The molecule has 3 heteroatoms. The Labute approximate surface area is 128 Å². The highest BCUT2D eigenvalue weighted by Crippen LogP contribution is 2.23. The molecule has 1 fully saturated rings. The first-order chi connectivity index (χ1) is 10.3. The van der Waals surface area contributed by atoms with Crippen molar-refractivity contribution < 1.29 is 4.74 Å². The quantitative estimate of drug-likeness (QED) is 0.865. The Kier molecular flexibility index (Phi) is 6.10. The van der Waals surface area contributed by atoms with E-state index in [0.717, 1.165) is 23.8 Å². The summed E-state index contributed by atoms with van der Waals surface area (Å²) in [6.45, 7) is 6.08. The molecule has 0 radical (unpaired) electrons. The van der Waals surface area contributed by atoms with Crippen molar-refractivity contribution in [3.63, 3.8) is 0 Å². The van der Waals surface area contributed by atoms with Gasteiger partial charge in [-0.25, -0.2) is 0 Å². The van der Waals surface area contributed by atoms with E-state index in [1.165, 1.54) is 37.9 Å². The van der Waals surface area contributed by atoms with Gasteiger partial charge >= 0.3 is 0 Å². The molecular weight excluding hydrogens is 260 g/mol. The van der Waals surface area contributed by atoms with Crippen LogP contribution in [0.25, 0.3) is 0 Å². The fraction of sp³-hybridized carbons (Fsp3) is 0.556. The minimum Gasteiger partial charge on any atom is -0.495 e. The lowest BCUT2D eigenvalue weighted by Gasteiger charge is -2.32. The summed E-state index contributed by atoms with van der Waals surface area (Å²) in [5, 5.41) is 0. The van der Waals surface area contributed by atoms with E-state index < -0.39 is 0 Å². The predicted molar refractivity (Wildman–Crippen MR) is 87.2 cm³/mol. The molecule has 0 saturated carbocycles. The van der Waals surface area contributed by atoms with E-state index in [-0.39, 0.29) is 0 Å². The number of nitrogens with two attached hydrogens (primary N) is 1. The standard InChI is InChI=1S/C18H26N2O/c1-3-15-6-5-11-20(13-15)14-16-8-9-18(21-2)17(12-16)7-4-10-19/h8-9,12,15H,3,5-6,10-11,13-14,19H2,1-2H3. The number of benzene rings is 1. The third-order valence-electron chi connectivity index (χ3n) is 4.18. The summed E-state index contributed by atoms with van der Waals surface area (Å²) in [6.07, 6.45) is 3.98. The Morgan fingerprint density at radius 2 is 2.29 bits per heavy atom. The van der Waals surface area contributed by atoms with Gasteiger partial charge in [-0.15, -0.1) is 0 Å². The molecule has 2 rings (SSSR count). The highest BCUT2D eigenvalue weighted by atomic mass is 16.5. The van der Waals surface area contributed by atoms with Gasteiger partial charge in [0, 0.05) is 13.1 Å². The van der Waals surface area contributed by atoms with Crippen LogP contribution in [-0.4, -0.2) is 31.6 Å². The fourth-order valence-electron chi connectivity index (χ4n) is 2.98. The Morgan fingerprint density at radius 1 is 1.43 bits per heavy atom. The summed E-state index contributed by atoms with van der Waals surface area (Å²) in [4.78, 5) is 2.56. The molecule has 1 saturated heterocycles. The van der Waals surface area contributed by atoms with Crippen molar-refractivity contribution in [3.05, 3.63) is 29.3 Å². The van der Waals surface area contributed by atoms with E-state index in [4.69, 9.17) is 10.5 Å². The van der Waals surface area contributed by atoms with Crippen LogP contribution < -0.4 is 10.5 Å². The first kappa shape index (κ1) is 15.9. The van der Waals surface area contributed by atoms with Crippen LogP contribution in [-0.2, 0) is 6.54 Å². The largest absolute Gasteiger partial charge is 0.495 e. The molecule has 0 amide bonds. The topological polar surface area (TPSA) is 38.5 Å². The summed E-state index contributed by atoms with van der Waals surface area (Å²) < 4.78 is 5.36. The van der Waals surface area contributed by atoms with Gasteiger partial charge in [0.2, 0.25) is 0 Å². The van der Waals surface area contributed by atoms with Gasteiger partial charge in [-0.1, -0.05) is 31.3 Å². The highest BCUT2D eigenvalue weighted by Gasteiger charge is 2.18. The summed E-state index contributed by atoms with van der Waals surface area (Å²) in [7, 11) is 1.68. The van der Waals surface area contributed by atoms with E-state index in [1.807, 2.05) is 6.07 Å². The molecule has 1 unspecified atom stereocenters. The van der Waals surface area contributed by atoms with Crippen molar-refractivity contribution in [2.75, 3.05) is 26.7 Å². The molecule has 114 valence electrons. The van der Waals surface area contributed by atoms with Crippen molar-refractivity contribution in [2.24, 2.45) is 11.7 Å². The van der Waals surface area contributed by atoms with Crippen molar-refractivity contribution in [3.8, 4) is 17.6 Å². The second kappa shape index (κ2) is 8.07. The number of likely N-dealkylation sites (tertiary alicyclic amines) is 1. The molecule has 0 bridgehead atoms.